The molecule has 124 valence electrons. The second-order valence-electron chi connectivity index (χ2n) is 4.98. The average Bonchev–Trinajstić information content (AvgIpc) is 2.44. The number of hydrogen-bond donors (Lipinski definition) is 1. The molecule has 1 rings (SSSR count). The number of allylic oxidation sites excluding steroid dienone is 2. The topological polar surface area (TPSA) is 64.6 Å². The first-order chi connectivity index (χ1) is 10.5. The Hall–Kier alpha value is -1.43. The third kappa shape index (κ3) is 4.29. The zero-order valence-electron chi connectivity index (χ0n) is 13.9. The van der Waals surface area contributed by atoms with Gasteiger partial charge in [-0.15, -0.1) is 0 Å². The molecule has 1 aliphatic rings. The van der Waals surface area contributed by atoms with Gasteiger partial charge in [0.2, 0.25) is 0 Å². The monoisotopic (exact) mass is 327 g/mol. The molecular formula is C16H25NO4S. The molecule has 0 fully saturated rings. The zero-order valence-corrected chi connectivity index (χ0v) is 14.8. The van der Waals surface area contributed by atoms with Gasteiger partial charge >= 0.3 is 11.9 Å². The Kier molecular flexibility index (Phi) is 7.51. The molecule has 0 unspecified atom stereocenters. The van der Waals surface area contributed by atoms with E-state index in [0.717, 1.165) is 17.1 Å². The summed E-state index contributed by atoms with van der Waals surface area (Å²) in [6, 6.07) is 0. The Labute approximate surface area is 136 Å². The van der Waals surface area contributed by atoms with E-state index >= 15 is 0 Å². The minimum Gasteiger partial charge on any atom is -0.463 e. The lowest BCUT2D eigenvalue weighted by atomic mass is 9.83. The molecule has 0 aromatic rings. The van der Waals surface area contributed by atoms with Gasteiger partial charge in [0.15, 0.2) is 0 Å². The van der Waals surface area contributed by atoms with E-state index in [1.807, 2.05) is 20.1 Å². The van der Waals surface area contributed by atoms with E-state index < -0.39 is 0 Å². The molecule has 0 saturated carbocycles. The average molecular weight is 327 g/mol. The first kappa shape index (κ1) is 18.6. The lowest BCUT2D eigenvalue weighted by Gasteiger charge is -2.30. The molecule has 0 aromatic heterocycles. The highest BCUT2D eigenvalue weighted by atomic mass is 32.2. The molecule has 22 heavy (non-hydrogen) atoms. The quantitative estimate of drug-likeness (QED) is 0.725. The van der Waals surface area contributed by atoms with Crippen molar-refractivity contribution in [2.75, 3.05) is 25.2 Å². The van der Waals surface area contributed by atoms with E-state index in [1.165, 1.54) is 0 Å². The SMILES string of the molecule is CCOC(=O)C1=C(C)NC(C)=C(C(=O)OCC)C1CCSC. The van der Waals surface area contributed by atoms with Crippen molar-refractivity contribution in [3.05, 3.63) is 22.5 Å². The summed E-state index contributed by atoms with van der Waals surface area (Å²) in [5.74, 6) is -0.176. The minimum atomic E-state index is -0.368. The van der Waals surface area contributed by atoms with Crippen LogP contribution in [0.2, 0.25) is 0 Å². The number of carbonyl (C=O) groups is 2. The molecule has 5 nitrogen and oxygen atoms in total. The number of hydrogen-bond acceptors (Lipinski definition) is 6. The van der Waals surface area contributed by atoms with Crippen LogP contribution in [0.15, 0.2) is 22.5 Å². The molecule has 0 aliphatic carbocycles. The highest BCUT2D eigenvalue weighted by molar-refractivity contribution is 7.98. The Morgan fingerprint density at radius 3 is 1.86 bits per heavy atom. The second-order valence-corrected chi connectivity index (χ2v) is 5.96. The largest absolute Gasteiger partial charge is 0.463 e. The molecule has 1 heterocycles. The van der Waals surface area contributed by atoms with Crippen molar-refractivity contribution >= 4 is 23.7 Å². The van der Waals surface area contributed by atoms with Crippen LogP contribution >= 0.6 is 11.8 Å². The van der Waals surface area contributed by atoms with Gasteiger partial charge in [-0.05, 0) is 46.1 Å². The number of carbonyl (C=O) groups excluding carboxylic acids is 2. The van der Waals surface area contributed by atoms with Gasteiger partial charge < -0.3 is 14.8 Å². The predicted octanol–water partition coefficient (Wildman–Crippen LogP) is 2.63. The highest BCUT2D eigenvalue weighted by Crippen LogP contribution is 2.34. The Bertz CT molecular complexity index is 456. The molecule has 1 N–H and O–H groups in total. The van der Waals surface area contributed by atoms with Crippen LogP contribution < -0.4 is 5.32 Å². The molecule has 0 amide bonds. The van der Waals surface area contributed by atoms with Gasteiger partial charge in [-0.2, -0.15) is 11.8 Å². The molecule has 0 spiro atoms. The van der Waals surface area contributed by atoms with Crippen molar-refractivity contribution in [1.29, 1.82) is 0 Å². The van der Waals surface area contributed by atoms with E-state index in [0.29, 0.717) is 30.8 Å². The number of esters is 2. The van der Waals surface area contributed by atoms with E-state index in [4.69, 9.17) is 9.47 Å². The summed E-state index contributed by atoms with van der Waals surface area (Å²) in [5.41, 5.74) is 2.55. The molecular weight excluding hydrogens is 302 g/mol. The van der Waals surface area contributed by atoms with Crippen molar-refractivity contribution in [2.45, 2.75) is 34.1 Å². The maximum atomic E-state index is 12.3. The van der Waals surface area contributed by atoms with Gasteiger partial charge in [-0.1, -0.05) is 0 Å². The van der Waals surface area contributed by atoms with E-state index in [-0.39, 0.29) is 17.9 Å². The minimum absolute atomic E-state index is 0.285. The molecule has 0 bridgehead atoms. The molecule has 0 atom stereocenters. The fraction of sp³-hybridized carbons (Fsp3) is 0.625. The van der Waals surface area contributed by atoms with Crippen LogP contribution in [-0.4, -0.2) is 37.2 Å². The van der Waals surface area contributed by atoms with Crippen LogP contribution in [0.3, 0.4) is 0 Å². The van der Waals surface area contributed by atoms with Crippen LogP contribution in [0.4, 0.5) is 0 Å². The summed E-state index contributed by atoms with van der Waals surface area (Å²) in [5, 5.41) is 3.12. The zero-order chi connectivity index (χ0) is 16.7. The van der Waals surface area contributed by atoms with E-state index in [1.54, 1.807) is 25.6 Å². The summed E-state index contributed by atoms with van der Waals surface area (Å²) >= 11 is 1.68. The van der Waals surface area contributed by atoms with Crippen molar-refractivity contribution in [2.24, 2.45) is 5.92 Å². The molecule has 0 radical (unpaired) electrons. The number of thioether (sulfide) groups is 1. The maximum Gasteiger partial charge on any atom is 0.336 e. The van der Waals surface area contributed by atoms with Gasteiger partial charge in [0.25, 0.3) is 0 Å². The summed E-state index contributed by atoms with van der Waals surface area (Å²) in [7, 11) is 0. The van der Waals surface area contributed by atoms with Gasteiger partial charge in [0.05, 0.1) is 24.4 Å². The summed E-state index contributed by atoms with van der Waals surface area (Å²) < 4.78 is 10.3. The van der Waals surface area contributed by atoms with Gasteiger partial charge in [-0.25, -0.2) is 9.59 Å². The fourth-order valence-electron chi connectivity index (χ4n) is 2.62. The van der Waals surface area contributed by atoms with Crippen molar-refractivity contribution in [1.82, 2.24) is 5.32 Å². The highest BCUT2D eigenvalue weighted by Gasteiger charge is 2.36. The molecule has 0 aromatic carbocycles. The Morgan fingerprint density at radius 1 is 1.05 bits per heavy atom. The fourth-order valence-corrected chi connectivity index (χ4v) is 3.09. The van der Waals surface area contributed by atoms with Crippen molar-refractivity contribution in [3.8, 4) is 0 Å². The van der Waals surface area contributed by atoms with Crippen LogP contribution in [0.1, 0.15) is 34.1 Å². The lowest BCUT2D eigenvalue weighted by molar-refractivity contribution is -0.140. The van der Waals surface area contributed by atoms with Gasteiger partial charge in [0.1, 0.15) is 0 Å². The lowest BCUT2D eigenvalue weighted by Crippen LogP contribution is -2.34. The van der Waals surface area contributed by atoms with Gasteiger partial charge in [-0.3, -0.25) is 0 Å². The Balaban J connectivity index is 3.21. The Morgan fingerprint density at radius 2 is 1.50 bits per heavy atom. The predicted molar refractivity (Wildman–Crippen MR) is 88.3 cm³/mol. The summed E-state index contributed by atoms with van der Waals surface area (Å²) in [4.78, 5) is 24.6. The number of rotatable bonds is 7. The molecule has 6 heteroatoms. The standard InChI is InChI=1S/C16H25NO4S/c1-6-20-15(18)13-10(3)17-11(4)14(16(19)21-7-2)12(13)8-9-22-5/h12,17H,6-9H2,1-5H3. The van der Waals surface area contributed by atoms with E-state index in [2.05, 4.69) is 5.32 Å². The van der Waals surface area contributed by atoms with E-state index in [9.17, 15) is 9.59 Å². The molecule has 1 aliphatic heterocycles. The summed E-state index contributed by atoms with van der Waals surface area (Å²) in [6.07, 6.45) is 2.70. The maximum absolute atomic E-state index is 12.3. The summed E-state index contributed by atoms with van der Waals surface area (Å²) in [6.45, 7) is 7.83. The number of nitrogens with one attached hydrogen (secondary N) is 1. The third-order valence-corrected chi connectivity index (χ3v) is 4.13. The smallest absolute Gasteiger partial charge is 0.336 e. The first-order valence-corrected chi connectivity index (χ1v) is 8.88. The van der Waals surface area contributed by atoms with Gasteiger partial charge in [0, 0.05) is 17.3 Å². The van der Waals surface area contributed by atoms with Crippen LogP contribution in [0.25, 0.3) is 0 Å². The second kappa shape index (κ2) is 8.88. The number of dihydropyridines is 1. The molecule has 0 saturated heterocycles. The number of ether oxygens (including phenoxy) is 2. The van der Waals surface area contributed by atoms with Crippen molar-refractivity contribution < 1.29 is 19.1 Å². The van der Waals surface area contributed by atoms with Crippen LogP contribution in [-0.2, 0) is 19.1 Å². The first-order valence-electron chi connectivity index (χ1n) is 7.49. The normalized spacial score (nSPS) is 15.7. The third-order valence-electron chi connectivity index (χ3n) is 3.48. The van der Waals surface area contributed by atoms with Crippen LogP contribution in [0, 0.1) is 5.92 Å². The van der Waals surface area contributed by atoms with Crippen molar-refractivity contribution in [3.63, 3.8) is 0 Å². The van der Waals surface area contributed by atoms with Crippen LogP contribution in [0.5, 0.6) is 0 Å².